The highest BCUT2D eigenvalue weighted by Crippen LogP contribution is 2.05. The van der Waals surface area contributed by atoms with Crippen LogP contribution in [0.4, 0.5) is 0 Å². The smallest absolute Gasteiger partial charge is 0.221 e. The second kappa shape index (κ2) is 3.87. The van der Waals surface area contributed by atoms with Crippen LogP contribution in [0.15, 0.2) is 0 Å². The lowest BCUT2D eigenvalue weighted by Gasteiger charge is -2.05. The van der Waals surface area contributed by atoms with Gasteiger partial charge in [-0.25, -0.2) is 0 Å². The lowest BCUT2D eigenvalue weighted by molar-refractivity contribution is -0.127. The Morgan fingerprint density at radius 2 is 1.90 bits per heavy atom. The molecule has 0 heterocycles. The number of hydrogen-bond acceptors (Lipinski definition) is 2. The van der Waals surface area contributed by atoms with Gasteiger partial charge in [0.25, 0.3) is 0 Å². The molecule has 4 N–H and O–H groups in total. The van der Waals surface area contributed by atoms with E-state index in [1.807, 2.05) is 0 Å². The number of nitrogens with two attached hydrogens (primary N) is 2. The molecule has 0 bridgehead atoms. The SMILES string of the molecule is CC[C@@H](CC(N)=O)C(N)=O. The summed E-state index contributed by atoms with van der Waals surface area (Å²) in [6.07, 6.45) is 0.629. The van der Waals surface area contributed by atoms with Gasteiger partial charge in [0.05, 0.1) is 0 Å². The van der Waals surface area contributed by atoms with Crippen molar-refractivity contribution in [3.63, 3.8) is 0 Å². The predicted octanol–water partition coefficient (Wildman–Crippen LogP) is -0.627. The molecule has 0 fully saturated rings. The third kappa shape index (κ3) is 3.06. The molecule has 10 heavy (non-hydrogen) atoms. The molecule has 0 aliphatic heterocycles. The summed E-state index contributed by atoms with van der Waals surface area (Å²) < 4.78 is 0. The lowest BCUT2D eigenvalue weighted by Crippen LogP contribution is -2.27. The molecule has 0 saturated heterocycles. The van der Waals surface area contributed by atoms with Gasteiger partial charge in [-0.1, -0.05) is 6.92 Å². The third-order valence-corrected chi connectivity index (χ3v) is 1.34. The van der Waals surface area contributed by atoms with Gasteiger partial charge in [-0.3, -0.25) is 9.59 Å². The van der Waals surface area contributed by atoms with E-state index < -0.39 is 17.7 Å². The van der Waals surface area contributed by atoms with E-state index in [9.17, 15) is 9.59 Å². The molecular formula is C6H12N2O2. The summed E-state index contributed by atoms with van der Waals surface area (Å²) in [5, 5.41) is 0. The van der Waals surface area contributed by atoms with Crippen LogP contribution in [0.25, 0.3) is 0 Å². The molecule has 0 radical (unpaired) electrons. The fraction of sp³-hybridized carbons (Fsp3) is 0.667. The van der Waals surface area contributed by atoms with Crippen molar-refractivity contribution in [1.29, 1.82) is 0 Å². The van der Waals surface area contributed by atoms with Crippen molar-refractivity contribution in [3.8, 4) is 0 Å². The zero-order chi connectivity index (χ0) is 8.15. The molecule has 4 heteroatoms. The number of carbonyl (C=O) groups excluding carboxylic acids is 2. The molecule has 0 aromatic rings. The molecule has 1 atom stereocenters. The minimum atomic E-state index is -0.481. The van der Waals surface area contributed by atoms with Gasteiger partial charge in [0.1, 0.15) is 0 Å². The van der Waals surface area contributed by atoms with E-state index in [1.165, 1.54) is 0 Å². The van der Waals surface area contributed by atoms with Crippen LogP contribution in [-0.2, 0) is 9.59 Å². The van der Waals surface area contributed by atoms with Crippen LogP contribution in [0.1, 0.15) is 19.8 Å². The molecule has 0 aromatic carbocycles. The van der Waals surface area contributed by atoms with Gasteiger partial charge < -0.3 is 11.5 Å². The maximum absolute atomic E-state index is 10.5. The highest BCUT2D eigenvalue weighted by Gasteiger charge is 2.14. The van der Waals surface area contributed by atoms with Crippen molar-refractivity contribution in [1.82, 2.24) is 0 Å². The second-order valence-electron chi connectivity index (χ2n) is 2.18. The van der Waals surface area contributed by atoms with Crippen LogP contribution in [0.2, 0.25) is 0 Å². The highest BCUT2D eigenvalue weighted by atomic mass is 16.2. The zero-order valence-electron chi connectivity index (χ0n) is 5.96. The Balaban J connectivity index is 3.83. The maximum Gasteiger partial charge on any atom is 0.221 e. The summed E-state index contributed by atoms with van der Waals surface area (Å²) in [5.41, 5.74) is 9.81. The lowest BCUT2D eigenvalue weighted by atomic mass is 10.0. The topological polar surface area (TPSA) is 86.2 Å². The summed E-state index contributed by atoms with van der Waals surface area (Å²) in [6, 6.07) is 0. The van der Waals surface area contributed by atoms with Crippen molar-refractivity contribution in [3.05, 3.63) is 0 Å². The molecule has 2 amide bonds. The number of carbonyl (C=O) groups is 2. The van der Waals surface area contributed by atoms with Crippen molar-refractivity contribution >= 4 is 11.8 Å². The van der Waals surface area contributed by atoms with Crippen LogP contribution < -0.4 is 11.5 Å². The normalized spacial score (nSPS) is 12.5. The number of amides is 2. The van der Waals surface area contributed by atoms with Gasteiger partial charge >= 0.3 is 0 Å². The van der Waals surface area contributed by atoms with E-state index in [2.05, 4.69) is 0 Å². The Morgan fingerprint density at radius 3 is 2.00 bits per heavy atom. The molecule has 58 valence electrons. The van der Waals surface area contributed by atoms with E-state index in [0.29, 0.717) is 6.42 Å². The quantitative estimate of drug-likeness (QED) is 0.550. The van der Waals surface area contributed by atoms with Crippen LogP contribution >= 0.6 is 0 Å². The van der Waals surface area contributed by atoms with Crippen LogP contribution in [0.5, 0.6) is 0 Å². The van der Waals surface area contributed by atoms with Gasteiger partial charge in [-0.15, -0.1) is 0 Å². The van der Waals surface area contributed by atoms with E-state index in [0.717, 1.165) is 0 Å². The molecule has 0 unspecified atom stereocenters. The van der Waals surface area contributed by atoms with E-state index in [-0.39, 0.29) is 6.42 Å². The second-order valence-corrected chi connectivity index (χ2v) is 2.18. The molecule has 0 saturated carbocycles. The Morgan fingerprint density at radius 1 is 1.40 bits per heavy atom. The van der Waals surface area contributed by atoms with E-state index in [4.69, 9.17) is 11.5 Å². The molecule has 0 aliphatic carbocycles. The third-order valence-electron chi connectivity index (χ3n) is 1.34. The predicted molar refractivity (Wildman–Crippen MR) is 36.8 cm³/mol. The van der Waals surface area contributed by atoms with Gasteiger partial charge in [-0.05, 0) is 6.42 Å². The highest BCUT2D eigenvalue weighted by molar-refractivity contribution is 5.83. The van der Waals surface area contributed by atoms with Crippen molar-refractivity contribution < 1.29 is 9.59 Å². The summed E-state index contributed by atoms with van der Waals surface area (Å²) in [4.78, 5) is 20.8. The average Bonchev–Trinajstić information content (AvgIpc) is 1.81. The summed E-state index contributed by atoms with van der Waals surface area (Å²) in [6.45, 7) is 1.79. The Bertz CT molecular complexity index is 145. The monoisotopic (exact) mass is 144 g/mol. The summed E-state index contributed by atoms with van der Waals surface area (Å²) in [7, 11) is 0. The van der Waals surface area contributed by atoms with E-state index in [1.54, 1.807) is 6.92 Å². The Hall–Kier alpha value is -1.06. The Labute approximate surface area is 59.6 Å². The van der Waals surface area contributed by atoms with Gasteiger partial charge in [-0.2, -0.15) is 0 Å². The largest absolute Gasteiger partial charge is 0.370 e. The Kier molecular flexibility index (Phi) is 3.46. The minimum absolute atomic E-state index is 0.0613. The fourth-order valence-corrected chi connectivity index (χ4v) is 0.689. The molecule has 0 rings (SSSR count). The van der Waals surface area contributed by atoms with Crippen LogP contribution in [0, 0.1) is 5.92 Å². The van der Waals surface area contributed by atoms with Crippen molar-refractivity contribution in [2.24, 2.45) is 17.4 Å². The maximum atomic E-state index is 10.5. The first-order valence-electron chi connectivity index (χ1n) is 3.15. The van der Waals surface area contributed by atoms with Crippen molar-refractivity contribution in [2.75, 3.05) is 0 Å². The molecule has 0 spiro atoms. The standard InChI is InChI=1S/C6H12N2O2/c1-2-4(6(8)10)3-5(7)9/h4H,2-3H2,1H3,(H2,7,9)(H2,8,10)/t4-/m0/s1. The van der Waals surface area contributed by atoms with Gasteiger partial charge in [0, 0.05) is 12.3 Å². The number of primary amides is 2. The first-order chi connectivity index (χ1) is 4.57. The van der Waals surface area contributed by atoms with Gasteiger partial charge in [0.2, 0.25) is 11.8 Å². The van der Waals surface area contributed by atoms with Gasteiger partial charge in [0.15, 0.2) is 0 Å². The van der Waals surface area contributed by atoms with E-state index >= 15 is 0 Å². The summed E-state index contributed by atoms with van der Waals surface area (Å²) >= 11 is 0. The molecular weight excluding hydrogens is 132 g/mol. The fourth-order valence-electron chi connectivity index (χ4n) is 0.689. The number of hydrogen-bond donors (Lipinski definition) is 2. The first-order valence-corrected chi connectivity index (χ1v) is 3.15. The first kappa shape index (κ1) is 8.94. The average molecular weight is 144 g/mol. The van der Waals surface area contributed by atoms with Crippen molar-refractivity contribution in [2.45, 2.75) is 19.8 Å². The summed E-state index contributed by atoms with van der Waals surface area (Å²) in [5.74, 6) is -1.33. The van der Waals surface area contributed by atoms with Crippen LogP contribution in [-0.4, -0.2) is 11.8 Å². The number of rotatable bonds is 4. The molecule has 0 aliphatic rings. The molecule has 4 nitrogen and oxygen atoms in total. The molecule has 0 aromatic heterocycles. The zero-order valence-corrected chi connectivity index (χ0v) is 5.96. The minimum Gasteiger partial charge on any atom is -0.370 e. The van der Waals surface area contributed by atoms with Crippen LogP contribution in [0.3, 0.4) is 0 Å².